The van der Waals surface area contributed by atoms with Gasteiger partial charge in [-0.3, -0.25) is 14.4 Å². The van der Waals surface area contributed by atoms with E-state index in [4.69, 9.17) is 10.5 Å². The number of benzene rings is 2. The van der Waals surface area contributed by atoms with Crippen LogP contribution in [0.25, 0.3) is 0 Å². The van der Waals surface area contributed by atoms with Gasteiger partial charge in [-0.25, -0.2) is 0 Å². The Morgan fingerprint density at radius 2 is 1.68 bits per heavy atom. The molecule has 0 radical (unpaired) electrons. The van der Waals surface area contributed by atoms with E-state index in [1.54, 1.807) is 12.0 Å². The molecule has 0 saturated carbocycles. The topological polar surface area (TPSA) is 114 Å². The molecule has 2 aromatic rings. The molecule has 2 saturated heterocycles. The van der Waals surface area contributed by atoms with Gasteiger partial charge in [0.25, 0.3) is 0 Å². The SMILES string of the molecule is COc1ccc(CCNC(=O)C2CCC3CCC(CCN)C(NC(=O)CCc4ccccc4)C(=O)N32)cc1. The summed E-state index contributed by atoms with van der Waals surface area (Å²) in [6.45, 7) is 0.943. The highest BCUT2D eigenvalue weighted by molar-refractivity contribution is 5.93. The van der Waals surface area contributed by atoms with Crippen molar-refractivity contribution in [2.24, 2.45) is 11.7 Å². The molecule has 0 aromatic heterocycles. The summed E-state index contributed by atoms with van der Waals surface area (Å²) in [7, 11) is 1.63. The van der Waals surface area contributed by atoms with E-state index in [0.29, 0.717) is 45.2 Å². The summed E-state index contributed by atoms with van der Waals surface area (Å²) in [4.78, 5) is 41.8. The molecule has 2 heterocycles. The van der Waals surface area contributed by atoms with Gasteiger partial charge >= 0.3 is 0 Å². The van der Waals surface area contributed by atoms with Crippen LogP contribution in [0.2, 0.25) is 0 Å². The first-order valence-electron chi connectivity index (χ1n) is 13.8. The molecule has 3 amide bonds. The van der Waals surface area contributed by atoms with Crippen molar-refractivity contribution in [1.82, 2.24) is 15.5 Å². The largest absolute Gasteiger partial charge is 0.497 e. The van der Waals surface area contributed by atoms with E-state index in [-0.39, 0.29) is 29.7 Å². The monoisotopic (exact) mass is 520 g/mol. The number of carbonyl (C=O) groups excluding carboxylic acids is 3. The predicted molar refractivity (Wildman–Crippen MR) is 146 cm³/mol. The number of hydrogen-bond donors (Lipinski definition) is 3. The Labute approximate surface area is 225 Å². The molecule has 8 heteroatoms. The number of nitrogens with one attached hydrogen (secondary N) is 2. The number of hydrogen-bond acceptors (Lipinski definition) is 5. The van der Waals surface area contributed by atoms with E-state index in [1.165, 1.54) is 0 Å². The number of aryl methyl sites for hydroxylation is 1. The molecule has 4 unspecified atom stereocenters. The van der Waals surface area contributed by atoms with Gasteiger partial charge in [0.1, 0.15) is 17.8 Å². The molecular formula is C30H40N4O4. The molecule has 2 fully saturated rings. The first-order chi connectivity index (χ1) is 18.5. The van der Waals surface area contributed by atoms with Crippen molar-refractivity contribution in [2.75, 3.05) is 20.2 Å². The summed E-state index contributed by atoms with van der Waals surface area (Å²) in [6.07, 6.45) is 5.34. The zero-order valence-corrected chi connectivity index (χ0v) is 22.2. The van der Waals surface area contributed by atoms with Gasteiger partial charge < -0.3 is 26.0 Å². The van der Waals surface area contributed by atoms with E-state index in [1.807, 2.05) is 54.6 Å². The fourth-order valence-corrected chi connectivity index (χ4v) is 5.79. The van der Waals surface area contributed by atoms with Crippen molar-refractivity contribution in [3.05, 3.63) is 65.7 Å². The number of amides is 3. The molecule has 4 N–H and O–H groups in total. The fraction of sp³-hybridized carbons (Fsp3) is 0.500. The number of nitrogens with two attached hydrogens (primary N) is 1. The second-order valence-corrected chi connectivity index (χ2v) is 10.3. The smallest absolute Gasteiger partial charge is 0.246 e. The van der Waals surface area contributed by atoms with Gasteiger partial charge in [0.2, 0.25) is 17.7 Å². The summed E-state index contributed by atoms with van der Waals surface area (Å²) >= 11 is 0. The average Bonchev–Trinajstić information content (AvgIpc) is 3.33. The molecule has 0 bridgehead atoms. The summed E-state index contributed by atoms with van der Waals surface area (Å²) in [5.74, 6) is 0.349. The predicted octanol–water partition coefficient (Wildman–Crippen LogP) is 2.59. The highest BCUT2D eigenvalue weighted by Crippen LogP contribution is 2.35. The van der Waals surface area contributed by atoms with Gasteiger partial charge in [-0.05, 0) is 80.7 Å². The minimum atomic E-state index is -0.653. The summed E-state index contributed by atoms with van der Waals surface area (Å²) in [5, 5.41) is 6.07. The van der Waals surface area contributed by atoms with E-state index < -0.39 is 12.1 Å². The van der Waals surface area contributed by atoms with Crippen molar-refractivity contribution in [3.63, 3.8) is 0 Å². The zero-order chi connectivity index (χ0) is 26.9. The normalized spacial score (nSPS) is 22.9. The van der Waals surface area contributed by atoms with Crippen LogP contribution in [0.5, 0.6) is 5.75 Å². The lowest BCUT2D eigenvalue weighted by Crippen LogP contribution is -2.56. The van der Waals surface area contributed by atoms with E-state index in [0.717, 1.165) is 36.1 Å². The Balaban J connectivity index is 1.38. The van der Waals surface area contributed by atoms with Crippen molar-refractivity contribution in [1.29, 1.82) is 0 Å². The van der Waals surface area contributed by atoms with Crippen LogP contribution in [0.15, 0.2) is 54.6 Å². The van der Waals surface area contributed by atoms with E-state index in [9.17, 15) is 14.4 Å². The van der Waals surface area contributed by atoms with Crippen LogP contribution in [-0.4, -0.2) is 60.9 Å². The molecule has 0 aliphatic carbocycles. The molecule has 2 aromatic carbocycles. The molecule has 2 aliphatic rings. The quantitative estimate of drug-likeness (QED) is 0.422. The second-order valence-electron chi connectivity index (χ2n) is 10.3. The van der Waals surface area contributed by atoms with Gasteiger partial charge in [-0.15, -0.1) is 0 Å². The van der Waals surface area contributed by atoms with Crippen LogP contribution < -0.4 is 21.1 Å². The number of ether oxygens (including phenoxy) is 1. The van der Waals surface area contributed by atoms with Crippen LogP contribution in [0.3, 0.4) is 0 Å². The minimum Gasteiger partial charge on any atom is -0.497 e. The van der Waals surface area contributed by atoms with Crippen LogP contribution in [-0.2, 0) is 27.2 Å². The maximum Gasteiger partial charge on any atom is 0.246 e. The third kappa shape index (κ3) is 6.92. The number of rotatable bonds is 11. The lowest BCUT2D eigenvalue weighted by atomic mass is 9.90. The third-order valence-electron chi connectivity index (χ3n) is 7.88. The molecular weight excluding hydrogens is 480 g/mol. The highest BCUT2D eigenvalue weighted by Gasteiger charge is 2.47. The molecule has 2 aliphatic heterocycles. The van der Waals surface area contributed by atoms with Crippen LogP contribution in [0, 0.1) is 5.92 Å². The van der Waals surface area contributed by atoms with Gasteiger partial charge in [0.15, 0.2) is 0 Å². The number of carbonyl (C=O) groups is 3. The van der Waals surface area contributed by atoms with Crippen molar-refractivity contribution in [3.8, 4) is 5.75 Å². The molecule has 204 valence electrons. The first kappa shape index (κ1) is 27.6. The fourth-order valence-electron chi connectivity index (χ4n) is 5.79. The lowest BCUT2D eigenvalue weighted by molar-refractivity contribution is -0.143. The van der Waals surface area contributed by atoms with Gasteiger partial charge in [0, 0.05) is 19.0 Å². The molecule has 38 heavy (non-hydrogen) atoms. The Hall–Kier alpha value is -3.39. The molecule has 4 rings (SSSR count). The Bertz CT molecular complexity index is 1080. The summed E-state index contributed by atoms with van der Waals surface area (Å²) in [5.41, 5.74) is 8.07. The van der Waals surface area contributed by atoms with E-state index in [2.05, 4.69) is 10.6 Å². The Kier molecular flexibility index (Phi) is 9.76. The number of fused-ring (bicyclic) bond motifs is 1. The summed E-state index contributed by atoms with van der Waals surface area (Å²) in [6, 6.07) is 16.5. The minimum absolute atomic E-state index is 0.0198. The van der Waals surface area contributed by atoms with Crippen LogP contribution in [0.4, 0.5) is 0 Å². The maximum atomic E-state index is 13.9. The van der Waals surface area contributed by atoms with Gasteiger partial charge in [-0.2, -0.15) is 0 Å². The molecule has 8 nitrogen and oxygen atoms in total. The Morgan fingerprint density at radius 1 is 0.974 bits per heavy atom. The average molecular weight is 521 g/mol. The number of nitrogens with zero attached hydrogens (tertiary/aromatic N) is 1. The van der Waals surface area contributed by atoms with Crippen molar-refractivity contribution < 1.29 is 19.1 Å². The van der Waals surface area contributed by atoms with Crippen molar-refractivity contribution >= 4 is 17.7 Å². The highest BCUT2D eigenvalue weighted by atomic mass is 16.5. The second kappa shape index (κ2) is 13.4. The van der Waals surface area contributed by atoms with Crippen LogP contribution in [0.1, 0.15) is 49.7 Å². The van der Waals surface area contributed by atoms with Gasteiger partial charge in [0.05, 0.1) is 7.11 Å². The maximum absolute atomic E-state index is 13.9. The van der Waals surface area contributed by atoms with Crippen molar-refractivity contribution in [2.45, 2.75) is 69.5 Å². The standard InChI is InChI=1S/C30H40N4O4/c1-38-25-13-7-22(8-14-25)18-20-32-29(36)26-15-12-24-11-10-23(17-19-31)28(30(37)34(24)26)33-27(35)16-9-21-5-3-2-4-6-21/h2-8,13-14,23-24,26,28H,9-12,15-20,31H2,1H3,(H,32,36)(H,33,35). The van der Waals surface area contributed by atoms with E-state index >= 15 is 0 Å². The lowest BCUT2D eigenvalue weighted by Gasteiger charge is -2.32. The third-order valence-corrected chi connectivity index (χ3v) is 7.88. The first-order valence-corrected chi connectivity index (χ1v) is 13.8. The molecule has 4 atom stereocenters. The number of methoxy groups -OCH3 is 1. The summed E-state index contributed by atoms with van der Waals surface area (Å²) < 4.78 is 5.20. The molecule has 0 spiro atoms. The Morgan fingerprint density at radius 3 is 2.39 bits per heavy atom. The zero-order valence-electron chi connectivity index (χ0n) is 22.2. The van der Waals surface area contributed by atoms with Gasteiger partial charge in [-0.1, -0.05) is 42.5 Å². The van der Waals surface area contributed by atoms with Crippen LogP contribution >= 0.6 is 0 Å².